The molecule has 0 spiro atoms. The smallest absolute Gasteiger partial charge is 0.119 e. The summed E-state index contributed by atoms with van der Waals surface area (Å²) in [4.78, 5) is 0. The molecule has 0 saturated carbocycles. The van der Waals surface area contributed by atoms with Gasteiger partial charge < -0.3 is 14.6 Å². The summed E-state index contributed by atoms with van der Waals surface area (Å²) in [5, 5.41) is 10.1. The van der Waals surface area contributed by atoms with Gasteiger partial charge in [-0.15, -0.1) is 0 Å². The van der Waals surface area contributed by atoms with E-state index in [0.717, 1.165) is 30.8 Å². The van der Waals surface area contributed by atoms with E-state index in [9.17, 15) is 5.11 Å². The van der Waals surface area contributed by atoms with Gasteiger partial charge in [0.05, 0.1) is 19.3 Å². The first-order chi connectivity index (χ1) is 7.79. The lowest BCUT2D eigenvalue weighted by molar-refractivity contribution is 0.0534. The third-order valence-corrected chi connectivity index (χ3v) is 2.99. The molecule has 0 aliphatic carbocycles. The second kappa shape index (κ2) is 5.32. The lowest BCUT2D eigenvalue weighted by Gasteiger charge is -2.16. The molecule has 1 aliphatic rings. The number of hydrogen-bond acceptors (Lipinski definition) is 3. The fourth-order valence-corrected chi connectivity index (χ4v) is 2.06. The number of ether oxygens (including phenoxy) is 2. The largest absolute Gasteiger partial charge is 0.497 e. The van der Waals surface area contributed by atoms with E-state index in [-0.39, 0.29) is 6.10 Å². The van der Waals surface area contributed by atoms with Crippen LogP contribution in [0.1, 0.15) is 30.9 Å². The summed E-state index contributed by atoms with van der Waals surface area (Å²) in [6.45, 7) is 0.829. The van der Waals surface area contributed by atoms with Crippen LogP contribution < -0.4 is 4.74 Å². The first-order valence-corrected chi connectivity index (χ1v) is 5.73. The summed E-state index contributed by atoms with van der Waals surface area (Å²) < 4.78 is 10.6. The van der Waals surface area contributed by atoms with E-state index in [4.69, 9.17) is 9.47 Å². The first kappa shape index (κ1) is 11.4. The van der Waals surface area contributed by atoms with Gasteiger partial charge in [0.2, 0.25) is 0 Å². The van der Waals surface area contributed by atoms with Crippen LogP contribution in [0, 0.1) is 0 Å². The zero-order valence-electron chi connectivity index (χ0n) is 9.56. The molecule has 3 nitrogen and oxygen atoms in total. The molecule has 1 fully saturated rings. The van der Waals surface area contributed by atoms with Crippen molar-refractivity contribution in [1.82, 2.24) is 0 Å². The highest BCUT2D eigenvalue weighted by molar-refractivity contribution is 5.29. The molecular formula is C13H18O3. The van der Waals surface area contributed by atoms with Gasteiger partial charge in [-0.25, -0.2) is 0 Å². The zero-order chi connectivity index (χ0) is 11.4. The predicted octanol–water partition coefficient (Wildman–Crippen LogP) is 2.30. The van der Waals surface area contributed by atoms with Crippen LogP contribution >= 0.6 is 0 Å². The number of methoxy groups -OCH3 is 1. The molecule has 1 aromatic carbocycles. The highest BCUT2D eigenvalue weighted by atomic mass is 16.5. The topological polar surface area (TPSA) is 38.7 Å². The standard InChI is InChI=1S/C13H18O3/c1-15-11-5-2-4-10(8-11)13(14)9-12-6-3-7-16-12/h2,4-5,8,12-14H,3,6-7,9H2,1H3. The van der Waals surface area contributed by atoms with Crippen LogP contribution in [-0.4, -0.2) is 24.9 Å². The number of aliphatic hydroxyl groups excluding tert-OH is 1. The van der Waals surface area contributed by atoms with E-state index in [1.165, 1.54) is 0 Å². The molecule has 1 aliphatic heterocycles. The van der Waals surface area contributed by atoms with Crippen molar-refractivity contribution in [2.75, 3.05) is 13.7 Å². The molecular weight excluding hydrogens is 204 g/mol. The van der Waals surface area contributed by atoms with Crippen molar-refractivity contribution in [3.63, 3.8) is 0 Å². The number of rotatable bonds is 4. The molecule has 0 radical (unpaired) electrons. The average Bonchev–Trinajstić information content (AvgIpc) is 2.82. The third kappa shape index (κ3) is 2.74. The lowest BCUT2D eigenvalue weighted by atomic mass is 10.0. The van der Waals surface area contributed by atoms with Gasteiger partial charge in [-0.2, -0.15) is 0 Å². The maximum atomic E-state index is 10.1. The van der Waals surface area contributed by atoms with Gasteiger partial charge in [0.1, 0.15) is 5.75 Å². The van der Waals surface area contributed by atoms with Crippen LogP contribution in [0.25, 0.3) is 0 Å². The summed E-state index contributed by atoms with van der Waals surface area (Å²) in [7, 11) is 1.63. The molecule has 88 valence electrons. The van der Waals surface area contributed by atoms with Crippen molar-refractivity contribution in [3.8, 4) is 5.75 Å². The highest BCUT2D eigenvalue weighted by Crippen LogP contribution is 2.26. The molecule has 1 aromatic rings. The quantitative estimate of drug-likeness (QED) is 0.849. The first-order valence-electron chi connectivity index (χ1n) is 5.73. The summed E-state index contributed by atoms with van der Waals surface area (Å²) >= 11 is 0. The minimum Gasteiger partial charge on any atom is -0.497 e. The van der Waals surface area contributed by atoms with E-state index >= 15 is 0 Å². The summed E-state index contributed by atoms with van der Waals surface area (Å²) in [6.07, 6.45) is 2.59. The molecule has 1 N–H and O–H groups in total. The van der Waals surface area contributed by atoms with Crippen molar-refractivity contribution in [2.24, 2.45) is 0 Å². The zero-order valence-corrected chi connectivity index (χ0v) is 9.56. The SMILES string of the molecule is COc1cccc(C(O)CC2CCCO2)c1. The predicted molar refractivity (Wildman–Crippen MR) is 61.5 cm³/mol. The van der Waals surface area contributed by atoms with Crippen molar-refractivity contribution in [3.05, 3.63) is 29.8 Å². The van der Waals surface area contributed by atoms with Gasteiger partial charge in [-0.3, -0.25) is 0 Å². The van der Waals surface area contributed by atoms with Crippen molar-refractivity contribution in [1.29, 1.82) is 0 Å². The molecule has 2 rings (SSSR count). The Hall–Kier alpha value is -1.06. The van der Waals surface area contributed by atoms with Crippen molar-refractivity contribution in [2.45, 2.75) is 31.5 Å². The Labute approximate surface area is 96.0 Å². The molecule has 0 bridgehead atoms. The fourth-order valence-electron chi connectivity index (χ4n) is 2.06. The van der Waals surface area contributed by atoms with Gasteiger partial charge in [0, 0.05) is 13.0 Å². The van der Waals surface area contributed by atoms with Crippen LogP contribution in [0.2, 0.25) is 0 Å². The highest BCUT2D eigenvalue weighted by Gasteiger charge is 2.20. The second-order valence-corrected chi connectivity index (χ2v) is 4.16. The van der Waals surface area contributed by atoms with E-state index in [1.54, 1.807) is 7.11 Å². The maximum Gasteiger partial charge on any atom is 0.119 e. The van der Waals surface area contributed by atoms with Gasteiger partial charge >= 0.3 is 0 Å². The molecule has 0 aromatic heterocycles. The number of aliphatic hydroxyl groups is 1. The number of hydrogen-bond donors (Lipinski definition) is 1. The van der Waals surface area contributed by atoms with Crippen LogP contribution in [0.5, 0.6) is 5.75 Å². The number of benzene rings is 1. The Kier molecular flexibility index (Phi) is 3.80. The average molecular weight is 222 g/mol. The van der Waals surface area contributed by atoms with Crippen LogP contribution in [0.15, 0.2) is 24.3 Å². The Morgan fingerprint density at radius 3 is 3.12 bits per heavy atom. The van der Waals surface area contributed by atoms with Gasteiger partial charge in [-0.05, 0) is 30.5 Å². The van der Waals surface area contributed by atoms with Gasteiger partial charge in [-0.1, -0.05) is 12.1 Å². The summed E-state index contributed by atoms with van der Waals surface area (Å²) in [5.41, 5.74) is 0.898. The molecule has 2 unspecified atom stereocenters. The summed E-state index contributed by atoms with van der Waals surface area (Å²) in [5.74, 6) is 0.781. The fraction of sp³-hybridized carbons (Fsp3) is 0.538. The van der Waals surface area contributed by atoms with E-state index in [0.29, 0.717) is 6.42 Å². The summed E-state index contributed by atoms with van der Waals surface area (Å²) in [6, 6.07) is 7.57. The van der Waals surface area contributed by atoms with Crippen molar-refractivity contribution < 1.29 is 14.6 Å². The Bertz CT molecular complexity index is 332. The molecule has 0 amide bonds. The molecule has 1 saturated heterocycles. The Morgan fingerprint density at radius 2 is 2.44 bits per heavy atom. The molecule has 2 atom stereocenters. The van der Waals surface area contributed by atoms with E-state index < -0.39 is 6.10 Å². The Morgan fingerprint density at radius 1 is 1.56 bits per heavy atom. The normalized spacial score (nSPS) is 22.0. The van der Waals surface area contributed by atoms with E-state index in [2.05, 4.69) is 0 Å². The van der Waals surface area contributed by atoms with Gasteiger partial charge in [0.15, 0.2) is 0 Å². The third-order valence-electron chi connectivity index (χ3n) is 2.99. The monoisotopic (exact) mass is 222 g/mol. The van der Waals surface area contributed by atoms with Crippen LogP contribution in [-0.2, 0) is 4.74 Å². The van der Waals surface area contributed by atoms with Crippen LogP contribution in [0.3, 0.4) is 0 Å². The van der Waals surface area contributed by atoms with E-state index in [1.807, 2.05) is 24.3 Å². The molecule has 1 heterocycles. The second-order valence-electron chi connectivity index (χ2n) is 4.16. The van der Waals surface area contributed by atoms with Crippen LogP contribution in [0.4, 0.5) is 0 Å². The minimum absolute atomic E-state index is 0.209. The Balaban J connectivity index is 1.98. The van der Waals surface area contributed by atoms with Crippen molar-refractivity contribution >= 4 is 0 Å². The molecule has 16 heavy (non-hydrogen) atoms. The molecule has 3 heteroatoms. The van der Waals surface area contributed by atoms with Gasteiger partial charge in [0.25, 0.3) is 0 Å². The maximum absolute atomic E-state index is 10.1. The minimum atomic E-state index is -0.460. The lowest BCUT2D eigenvalue weighted by Crippen LogP contribution is -2.11.